The number of carbonyl (C=O) groups excluding carboxylic acids is 1. The first-order valence-corrected chi connectivity index (χ1v) is 9.28. The lowest BCUT2D eigenvalue weighted by Crippen LogP contribution is -2.41. The number of ether oxygens (including phenoxy) is 2. The molecule has 27 heavy (non-hydrogen) atoms. The number of rotatable bonds is 8. The summed E-state index contributed by atoms with van der Waals surface area (Å²) in [6.07, 6.45) is 2.67. The molecule has 1 aliphatic heterocycles. The molecule has 1 N–H and O–H groups in total. The number of hydrogen-bond donors (Lipinski definition) is 1. The van der Waals surface area contributed by atoms with Gasteiger partial charge in [0.15, 0.2) is 12.4 Å². The minimum absolute atomic E-state index is 0.128. The lowest BCUT2D eigenvalue weighted by molar-refractivity contribution is 0.109. The summed E-state index contributed by atoms with van der Waals surface area (Å²) >= 11 is 5.83. The highest BCUT2D eigenvalue weighted by Gasteiger charge is 2.17. The standard InChI is InChI=1S/C18H23ClN4O4/c1-23(18(24)20-11-15-3-2-10-25-15)9-8-16-21-17(27-22-16)12-26-14-6-4-13(19)5-7-14/h4-7,15H,2-3,8-12H2,1H3,(H,20,24)/t15-/m1/s1. The molecule has 2 heterocycles. The second kappa shape index (κ2) is 9.57. The smallest absolute Gasteiger partial charge is 0.317 e. The molecule has 1 atom stereocenters. The molecule has 1 saturated heterocycles. The second-order valence-corrected chi connectivity index (χ2v) is 6.78. The highest BCUT2D eigenvalue weighted by atomic mass is 35.5. The molecule has 0 saturated carbocycles. The van der Waals surface area contributed by atoms with Crippen LogP contribution in [0.25, 0.3) is 0 Å². The summed E-state index contributed by atoms with van der Waals surface area (Å²) in [5, 5.41) is 7.44. The third-order valence-electron chi connectivity index (χ3n) is 4.21. The van der Waals surface area contributed by atoms with Crippen LogP contribution in [0.2, 0.25) is 5.02 Å². The summed E-state index contributed by atoms with van der Waals surface area (Å²) in [5.41, 5.74) is 0. The molecule has 146 valence electrons. The Bertz CT molecular complexity index is 731. The van der Waals surface area contributed by atoms with Crippen LogP contribution in [0.3, 0.4) is 0 Å². The number of carbonyl (C=O) groups is 1. The topological polar surface area (TPSA) is 89.7 Å². The number of nitrogens with one attached hydrogen (secondary N) is 1. The molecule has 0 radical (unpaired) electrons. The highest BCUT2D eigenvalue weighted by Crippen LogP contribution is 2.16. The molecular weight excluding hydrogens is 372 g/mol. The zero-order chi connectivity index (χ0) is 19.1. The lowest BCUT2D eigenvalue weighted by atomic mass is 10.2. The number of amides is 2. The van der Waals surface area contributed by atoms with Gasteiger partial charge in [-0.05, 0) is 37.1 Å². The maximum Gasteiger partial charge on any atom is 0.317 e. The fraction of sp³-hybridized carbons (Fsp3) is 0.500. The van der Waals surface area contributed by atoms with Gasteiger partial charge < -0.3 is 24.2 Å². The van der Waals surface area contributed by atoms with Gasteiger partial charge in [0.2, 0.25) is 0 Å². The van der Waals surface area contributed by atoms with Crippen LogP contribution in [-0.2, 0) is 17.8 Å². The van der Waals surface area contributed by atoms with Crippen molar-refractivity contribution in [3.63, 3.8) is 0 Å². The van der Waals surface area contributed by atoms with Crippen molar-refractivity contribution in [2.24, 2.45) is 0 Å². The van der Waals surface area contributed by atoms with Gasteiger partial charge in [0.05, 0.1) is 6.10 Å². The van der Waals surface area contributed by atoms with E-state index in [0.717, 1.165) is 19.4 Å². The maximum absolute atomic E-state index is 12.1. The summed E-state index contributed by atoms with van der Waals surface area (Å²) in [6, 6.07) is 6.89. The molecule has 0 aliphatic carbocycles. The van der Waals surface area contributed by atoms with Crippen LogP contribution in [0.1, 0.15) is 24.6 Å². The third kappa shape index (κ3) is 6.11. The Morgan fingerprint density at radius 2 is 2.22 bits per heavy atom. The fourth-order valence-corrected chi connectivity index (χ4v) is 2.76. The van der Waals surface area contributed by atoms with E-state index in [1.807, 2.05) is 0 Å². The van der Waals surface area contributed by atoms with E-state index in [2.05, 4.69) is 15.5 Å². The van der Waals surface area contributed by atoms with Crippen LogP contribution >= 0.6 is 11.6 Å². The van der Waals surface area contributed by atoms with E-state index in [0.29, 0.717) is 42.0 Å². The molecule has 1 aromatic heterocycles. The van der Waals surface area contributed by atoms with Crippen LogP contribution < -0.4 is 10.1 Å². The van der Waals surface area contributed by atoms with Gasteiger partial charge in [0, 0.05) is 38.2 Å². The van der Waals surface area contributed by atoms with Crippen molar-refractivity contribution in [2.45, 2.75) is 32.0 Å². The first-order valence-electron chi connectivity index (χ1n) is 8.90. The molecule has 1 aliphatic rings. The number of nitrogens with zero attached hydrogens (tertiary/aromatic N) is 3. The number of hydrogen-bond acceptors (Lipinski definition) is 6. The largest absolute Gasteiger partial charge is 0.484 e. The van der Waals surface area contributed by atoms with Gasteiger partial charge in [0.1, 0.15) is 5.75 Å². The second-order valence-electron chi connectivity index (χ2n) is 6.34. The minimum Gasteiger partial charge on any atom is -0.484 e. The number of aromatic nitrogens is 2. The van der Waals surface area contributed by atoms with Gasteiger partial charge >= 0.3 is 6.03 Å². The number of likely N-dealkylation sites (N-methyl/N-ethyl adjacent to an activating group) is 1. The molecule has 0 bridgehead atoms. The van der Waals surface area contributed by atoms with Crippen LogP contribution in [-0.4, -0.2) is 53.9 Å². The van der Waals surface area contributed by atoms with Crippen molar-refractivity contribution in [1.82, 2.24) is 20.4 Å². The molecule has 2 amide bonds. The van der Waals surface area contributed by atoms with E-state index in [-0.39, 0.29) is 18.7 Å². The van der Waals surface area contributed by atoms with Gasteiger partial charge in [-0.15, -0.1) is 0 Å². The lowest BCUT2D eigenvalue weighted by Gasteiger charge is -2.18. The van der Waals surface area contributed by atoms with Crippen molar-refractivity contribution in [3.05, 3.63) is 41.0 Å². The van der Waals surface area contributed by atoms with E-state index in [1.54, 1.807) is 36.2 Å². The summed E-state index contributed by atoms with van der Waals surface area (Å²) in [4.78, 5) is 17.9. The van der Waals surface area contributed by atoms with E-state index in [4.69, 9.17) is 25.6 Å². The van der Waals surface area contributed by atoms with E-state index < -0.39 is 0 Å². The Morgan fingerprint density at radius 1 is 1.41 bits per heavy atom. The molecule has 9 heteroatoms. The number of halogens is 1. The van der Waals surface area contributed by atoms with E-state index >= 15 is 0 Å². The number of urea groups is 1. The average Bonchev–Trinajstić information content (AvgIpc) is 3.35. The Morgan fingerprint density at radius 3 is 2.96 bits per heavy atom. The maximum atomic E-state index is 12.1. The zero-order valence-corrected chi connectivity index (χ0v) is 15.9. The molecule has 2 aromatic rings. The van der Waals surface area contributed by atoms with Gasteiger partial charge in [-0.1, -0.05) is 16.8 Å². The Kier molecular flexibility index (Phi) is 6.89. The van der Waals surface area contributed by atoms with Gasteiger partial charge in [-0.2, -0.15) is 4.98 Å². The average molecular weight is 395 g/mol. The Balaban J connectivity index is 1.37. The van der Waals surface area contributed by atoms with Crippen LogP contribution in [0.4, 0.5) is 4.79 Å². The van der Waals surface area contributed by atoms with Crippen LogP contribution in [0.5, 0.6) is 5.75 Å². The molecule has 1 fully saturated rings. The third-order valence-corrected chi connectivity index (χ3v) is 4.46. The Labute approximate surface area is 162 Å². The minimum atomic E-state index is -0.139. The van der Waals surface area contributed by atoms with E-state index in [9.17, 15) is 4.79 Å². The summed E-state index contributed by atoms with van der Waals surface area (Å²) < 4.78 is 16.2. The predicted octanol–water partition coefficient (Wildman–Crippen LogP) is 2.66. The van der Waals surface area contributed by atoms with Crippen molar-refractivity contribution < 1.29 is 18.8 Å². The first-order chi connectivity index (χ1) is 13.1. The highest BCUT2D eigenvalue weighted by molar-refractivity contribution is 6.30. The molecule has 0 unspecified atom stereocenters. The Hall–Kier alpha value is -2.32. The molecule has 1 aromatic carbocycles. The predicted molar refractivity (Wildman–Crippen MR) is 98.8 cm³/mol. The van der Waals surface area contributed by atoms with Crippen molar-refractivity contribution in [3.8, 4) is 5.75 Å². The monoisotopic (exact) mass is 394 g/mol. The van der Waals surface area contributed by atoms with Crippen LogP contribution in [0, 0.1) is 0 Å². The van der Waals surface area contributed by atoms with E-state index in [1.165, 1.54) is 0 Å². The molecular formula is C18H23ClN4O4. The summed E-state index contributed by atoms with van der Waals surface area (Å²) in [7, 11) is 1.73. The van der Waals surface area contributed by atoms with Crippen molar-refractivity contribution >= 4 is 17.6 Å². The quantitative estimate of drug-likeness (QED) is 0.740. The summed E-state index contributed by atoms with van der Waals surface area (Å²) in [6.45, 7) is 1.97. The number of benzene rings is 1. The van der Waals surface area contributed by atoms with Crippen molar-refractivity contribution in [1.29, 1.82) is 0 Å². The molecule has 0 spiro atoms. The zero-order valence-electron chi connectivity index (χ0n) is 15.2. The van der Waals surface area contributed by atoms with Gasteiger partial charge in [0.25, 0.3) is 5.89 Å². The van der Waals surface area contributed by atoms with Crippen molar-refractivity contribution in [2.75, 3.05) is 26.7 Å². The SMILES string of the molecule is CN(CCc1noc(COc2ccc(Cl)cc2)n1)C(=O)NC[C@H]1CCCO1. The van der Waals surface area contributed by atoms with Gasteiger partial charge in [-0.3, -0.25) is 0 Å². The van der Waals surface area contributed by atoms with Gasteiger partial charge in [-0.25, -0.2) is 4.79 Å². The normalized spacial score (nSPS) is 16.3. The fourth-order valence-electron chi connectivity index (χ4n) is 2.64. The molecule has 3 rings (SSSR count). The first kappa shape index (κ1) is 19.4. The summed E-state index contributed by atoms with van der Waals surface area (Å²) in [5.74, 6) is 1.58. The molecule has 8 nitrogen and oxygen atoms in total. The van der Waals surface area contributed by atoms with Crippen LogP contribution in [0.15, 0.2) is 28.8 Å².